The smallest absolute Gasteiger partial charge is 0.0537 e. The Morgan fingerprint density at radius 2 is 1.59 bits per heavy atom. The van der Waals surface area contributed by atoms with E-state index in [4.69, 9.17) is 0 Å². The molecule has 1 N–H and O–H groups in total. The molecule has 1 nitrogen and oxygen atoms in total. The maximum absolute atomic E-state index is 9.39. The van der Waals surface area contributed by atoms with E-state index < -0.39 is 0 Å². The van der Waals surface area contributed by atoms with Crippen molar-refractivity contribution in [3.8, 4) is 0 Å². The largest absolute Gasteiger partial charge is 0.393 e. The summed E-state index contributed by atoms with van der Waals surface area (Å²) < 4.78 is 0. The molecule has 0 spiro atoms. The molecular weight excluding hydrogens is 208 g/mol. The maximum Gasteiger partial charge on any atom is 0.0537 e. The standard InChI is InChI=1S/C16H30O/c1-3-5-6-7-8-9-10-11-12-13-14-15-16(17)4-2/h3,5-6,16-17H,1,4,7-15H2,2H3/b6-5+. The van der Waals surface area contributed by atoms with Crippen LogP contribution in [0.1, 0.15) is 71.1 Å². The third-order valence-corrected chi connectivity index (χ3v) is 3.15. The molecule has 0 saturated heterocycles. The minimum absolute atomic E-state index is 0.0633. The SMILES string of the molecule is C=C/C=C/CCCCCCCCCC(O)CC. The molecule has 1 heteroatoms. The van der Waals surface area contributed by atoms with Gasteiger partial charge in [0.1, 0.15) is 0 Å². The first-order valence-corrected chi connectivity index (χ1v) is 7.26. The van der Waals surface area contributed by atoms with Gasteiger partial charge in [-0.1, -0.05) is 70.3 Å². The van der Waals surface area contributed by atoms with Gasteiger partial charge in [-0.15, -0.1) is 0 Å². The number of aliphatic hydroxyl groups excluding tert-OH is 1. The molecule has 1 unspecified atom stereocenters. The van der Waals surface area contributed by atoms with E-state index in [1.165, 1.54) is 51.4 Å². The van der Waals surface area contributed by atoms with Crippen LogP contribution in [0.15, 0.2) is 24.8 Å². The van der Waals surface area contributed by atoms with Crippen LogP contribution in [0.3, 0.4) is 0 Å². The molecule has 0 aromatic rings. The van der Waals surface area contributed by atoms with Crippen LogP contribution < -0.4 is 0 Å². The average molecular weight is 238 g/mol. The van der Waals surface area contributed by atoms with Crippen LogP contribution in [-0.4, -0.2) is 11.2 Å². The zero-order valence-electron chi connectivity index (χ0n) is 11.5. The maximum atomic E-state index is 9.39. The Balaban J connectivity index is 3.03. The van der Waals surface area contributed by atoms with Crippen molar-refractivity contribution in [2.45, 2.75) is 77.2 Å². The topological polar surface area (TPSA) is 20.2 Å². The van der Waals surface area contributed by atoms with Crippen LogP contribution in [0.5, 0.6) is 0 Å². The van der Waals surface area contributed by atoms with E-state index in [0.29, 0.717) is 0 Å². The number of aliphatic hydroxyl groups is 1. The van der Waals surface area contributed by atoms with E-state index in [1.807, 2.05) is 19.1 Å². The molecule has 0 amide bonds. The summed E-state index contributed by atoms with van der Waals surface area (Å²) in [5, 5.41) is 9.39. The minimum atomic E-state index is -0.0633. The third kappa shape index (κ3) is 13.4. The van der Waals surface area contributed by atoms with E-state index in [9.17, 15) is 5.11 Å². The normalized spacial score (nSPS) is 13.1. The molecule has 0 fully saturated rings. The van der Waals surface area contributed by atoms with Gasteiger partial charge in [0, 0.05) is 0 Å². The monoisotopic (exact) mass is 238 g/mol. The number of unbranched alkanes of at least 4 members (excludes halogenated alkanes) is 7. The van der Waals surface area contributed by atoms with Crippen molar-refractivity contribution in [1.82, 2.24) is 0 Å². The quantitative estimate of drug-likeness (QED) is 0.374. The van der Waals surface area contributed by atoms with Gasteiger partial charge in [0.25, 0.3) is 0 Å². The molecule has 0 aromatic heterocycles. The van der Waals surface area contributed by atoms with E-state index in [1.54, 1.807) is 0 Å². The van der Waals surface area contributed by atoms with Crippen molar-refractivity contribution in [2.24, 2.45) is 0 Å². The Labute approximate surface area is 108 Å². The van der Waals surface area contributed by atoms with Gasteiger partial charge in [-0.3, -0.25) is 0 Å². The van der Waals surface area contributed by atoms with Gasteiger partial charge in [0.05, 0.1) is 6.10 Å². The zero-order chi connectivity index (χ0) is 12.8. The summed E-state index contributed by atoms with van der Waals surface area (Å²) >= 11 is 0. The average Bonchev–Trinajstić information content (AvgIpc) is 2.35. The number of allylic oxidation sites excluding steroid dienone is 3. The molecule has 0 bridgehead atoms. The summed E-state index contributed by atoms with van der Waals surface area (Å²) in [6.45, 7) is 5.70. The minimum Gasteiger partial charge on any atom is -0.393 e. The molecule has 100 valence electrons. The predicted octanol–water partition coefficient (Wildman–Crippen LogP) is 5.01. The number of hydrogen-bond donors (Lipinski definition) is 1. The van der Waals surface area contributed by atoms with E-state index in [0.717, 1.165) is 12.8 Å². The van der Waals surface area contributed by atoms with Crippen LogP contribution in [0.25, 0.3) is 0 Å². The van der Waals surface area contributed by atoms with Crippen molar-refractivity contribution in [1.29, 1.82) is 0 Å². The Kier molecular flexibility index (Phi) is 13.1. The predicted molar refractivity (Wildman–Crippen MR) is 77.2 cm³/mol. The molecule has 0 aromatic carbocycles. The van der Waals surface area contributed by atoms with Crippen molar-refractivity contribution in [3.63, 3.8) is 0 Å². The molecule has 0 rings (SSSR count). The molecule has 0 heterocycles. The van der Waals surface area contributed by atoms with Crippen molar-refractivity contribution in [3.05, 3.63) is 24.8 Å². The fourth-order valence-corrected chi connectivity index (χ4v) is 1.92. The summed E-state index contributed by atoms with van der Waals surface area (Å²) in [5.41, 5.74) is 0. The molecular formula is C16H30O. The van der Waals surface area contributed by atoms with Gasteiger partial charge >= 0.3 is 0 Å². The highest BCUT2D eigenvalue weighted by Gasteiger charge is 1.99. The van der Waals surface area contributed by atoms with Crippen LogP contribution in [-0.2, 0) is 0 Å². The second-order valence-corrected chi connectivity index (χ2v) is 4.78. The van der Waals surface area contributed by atoms with Gasteiger partial charge in [-0.05, 0) is 25.7 Å². The molecule has 0 radical (unpaired) electrons. The third-order valence-electron chi connectivity index (χ3n) is 3.15. The lowest BCUT2D eigenvalue weighted by molar-refractivity contribution is 0.156. The lowest BCUT2D eigenvalue weighted by Crippen LogP contribution is -2.03. The molecule has 0 aliphatic heterocycles. The number of rotatable bonds is 12. The van der Waals surface area contributed by atoms with E-state index >= 15 is 0 Å². The summed E-state index contributed by atoms with van der Waals surface area (Å²) in [7, 11) is 0. The molecule has 0 saturated carbocycles. The van der Waals surface area contributed by atoms with Crippen LogP contribution >= 0.6 is 0 Å². The summed E-state index contributed by atoms with van der Waals surface area (Å²) in [6.07, 6.45) is 18.2. The first kappa shape index (κ1) is 16.4. The van der Waals surface area contributed by atoms with Gasteiger partial charge in [0.15, 0.2) is 0 Å². The highest BCUT2D eigenvalue weighted by Crippen LogP contribution is 2.11. The van der Waals surface area contributed by atoms with Crippen molar-refractivity contribution in [2.75, 3.05) is 0 Å². The van der Waals surface area contributed by atoms with Gasteiger partial charge in [0.2, 0.25) is 0 Å². The Hall–Kier alpha value is -0.560. The Morgan fingerprint density at radius 1 is 1.00 bits per heavy atom. The first-order valence-electron chi connectivity index (χ1n) is 7.26. The molecule has 0 aliphatic rings. The highest BCUT2D eigenvalue weighted by molar-refractivity contribution is 4.96. The van der Waals surface area contributed by atoms with Crippen molar-refractivity contribution < 1.29 is 5.11 Å². The van der Waals surface area contributed by atoms with E-state index in [-0.39, 0.29) is 6.10 Å². The summed E-state index contributed by atoms with van der Waals surface area (Å²) in [4.78, 5) is 0. The second kappa shape index (κ2) is 13.5. The van der Waals surface area contributed by atoms with Crippen molar-refractivity contribution >= 4 is 0 Å². The first-order chi connectivity index (χ1) is 8.31. The summed E-state index contributed by atoms with van der Waals surface area (Å²) in [6, 6.07) is 0. The molecule has 0 aliphatic carbocycles. The highest BCUT2D eigenvalue weighted by atomic mass is 16.3. The Morgan fingerprint density at radius 3 is 2.18 bits per heavy atom. The van der Waals surface area contributed by atoms with Crippen LogP contribution in [0.4, 0.5) is 0 Å². The molecule has 17 heavy (non-hydrogen) atoms. The lowest BCUT2D eigenvalue weighted by atomic mass is 10.0. The van der Waals surface area contributed by atoms with E-state index in [2.05, 4.69) is 12.7 Å². The Bertz CT molecular complexity index is 184. The fraction of sp³-hybridized carbons (Fsp3) is 0.750. The van der Waals surface area contributed by atoms with Crippen LogP contribution in [0.2, 0.25) is 0 Å². The zero-order valence-corrected chi connectivity index (χ0v) is 11.5. The summed E-state index contributed by atoms with van der Waals surface area (Å²) in [5.74, 6) is 0. The fourth-order valence-electron chi connectivity index (χ4n) is 1.92. The second-order valence-electron chi connectivity index (χ2n) is 4.78. The molecule has 1 atom stereocenters. The van der Waals surface area contributed by atoms with Gasteiger partial charge in [-0.25, -0.2) is 0 Å². The number of hydrogen-bond acceptors (Lipinski definition) is 1. The lowest BCUT2D eigenvalue weighted by Gasteiger charge is -2.06. The van der Waals surface area contributed by atoms with Crippen LogP contribution in [0, 0.1) is 0 Å². The van der Waals surface area contributed by atoms with Gasteiger partial charge in [-0.2, -0.15) is 0 Å². The van der Waals surface area contributed by atoms with Gasteiger partial charge < -0.3 is 5.11 Å².